The summed E-state index contributed by atoms with van der Waals surface area (Å²) in [6, 6.07) is -0.673. The van der Waals surface area contributed by atoms with Gasteiger partial charge >= 0.3 is 5.97 Å². The molecule has 0 saturated heterocycles. The summed E-state index contributed by atoms with van der Waals surface area (Å²) in [5, 5.41) is 11.2. The molecule has 0 bridgehead atoms. The molecule has 0 aromatic carbocycles. The summed E-state index contributed by atoms with van der Waals surface area (Å²) >= 11 is 0. The van der Waals surface area contributed by atoms with Crippen LogP contribution in [0.3, 0.4) is 0 Å². The first kappa shape index (κ1) is 8.38. The zero-order valence-electron chi connectivity index (χ0n) is 6.53. The Balaban J connectivity index is 2.58. The number of aliphatic carboxylic acids is 1. The Morgan fingerprint density at radius 1 is 1.92 bits per heavy atom. The van der Waals surface area contributed by atoms with Gasteiger partial charge in [0.15, 0.2) is 5.95 Å². The Bertz CT molecular complexity index is 283. The van der Waals surface area contributed by atoms with E-state index in [9.17, 15) is 4.79 Å². The standard InChI is InChI=1S/C6H10N4O2/c1-3(5(11)12)9-4-2-8-6(7)10-4/h2-3,9H,1H3,(H,11,12)(H3,7,8,10)/t3-/m0/s1. The van der Waals surface area contributed by atoms with Crippen LogP contribution in [0, 0.1) is 0 Å². The molecule has 0 aliphatic rings. The lowest BCUT2D eigenvalue weighted by Crippen LogP contribution is -2.25. The summed E-state index contributed by atoms with van der Waals surface area (Å²) in [5.74, 6) is -0.242. The molecule has 1 aromatic heterocycles. The van der Waals surface area contributed by atoms with Gasteiger partial charge in [-0.25, -0.2) is 0 Å². The lowest BCUT2D eigenvalue weighted by molar-refractivity contribution is -0.137. The SMILES string of the molecule is C[C@H](Nc1c[nH]c(N)n1)C(=O)O. The van der Waals surface area contributed by atoms with E-state index in [4.69, 9.17) is 10.8 Å². The van der Waals surface area contributed by atoms with E-state index in [-0.39, 0.29) is 5.95 Å². The van der Waals surface area contributed by atoms with E-state index in [2.05, 4.69) is 15.3 Å². The van der Waals surface area contributed by atoms with Gasteiger partial charge in [-0.15, -0.1) is 0 Å². The molecule has 1 heterocycles. The van der Waals surface area contributed by atoms with E-state index in [1.54, 1.807) is 0 Å². The minimum absolute atomic E-state index is 0.259. The van der Waals surface area contributed by atoms with E-state index in [0.29, 0.717) is 5.82 Å². The molecule has 0 unspecified atom stereocenters. The van der Waals surface area contributed by atoms with Crippen LogP contribution in [-0.2, 0) is 4.79 Å². The fourth-order valence-electron chi connectivity index (χ4n) is 0.694. The van der Waals surface area contributed by atoms with Crippen LogP contribution in [0.2, 0.25) is 0 Å². The predicted molar refractivity (Wildman–Crippen MR) is 43.7 cm³/mol. The second-order valence-electron chi connectivity index (χ2n) is 2.38. The van der Waals surface area contributed by atoms with Gasteiger partial charge in [-0.2, -0.15) is 4.98 Å². The lowest BCUT2D eigenvalue weighted by atomic mass is 10.3. The number of carboxylic acid groups (broad SMARTS) is 1. The Morgan fingerprint density at radius 3 is 3.00 bits per heavy atom. The van der Waals surface area contributed by atoms with Gasteiger partial charge < -0.3 is 21.1 Å². The second kappa shape index (κ2) is 3.12. The summed E-state index contributed by atoms with van der Waals surface area (Å²) in [6.07, 6.45) is 1.51. The maximum absolute atomic E-state index is 10.4. The number of H-pyrrole nitrogens is 1. The van der Waals surface area contributed by atoms with Crippen molar-refractivity contribution in [1.82, 2.24) is 9.97 Å². The van der Waals surface area contributed by atoms with E-state index in [0.717, 1.165) is 0 Å². The maximum Gasteiger partial charge on any atom is 0.325 e. The van der Waals surface area contributed by atoms with Gasteiger partial charge in [0.2, 0.25) is 0 Å². The number of imidazole rings is 1. The van der Waals surface area contributed by atoms with Crippen LogP contribution in [0.25, 0.3) is 0 Å². The molecule has 0 spiro atoms. The second-order valence-corrected chi connectivity index (χ2v) is 2.38. The van der Waals surface area contributed by atoms with Gasteiger partial charge in [0.05, 0.1) is 0 Å². The third-order valence-electron chi connectivity index (χ3n) is 1.33. The Kier molecular flexibility index (Phi) is 2.18. The summed E-state index contributed by atoms with van der Waals surface area (Å²) in [5.41, 5.74) is 5.28. The Morgan fingerprint density at radius 2 is 2.58 bits per heavy atom. The summed E-state index contributed by atoms with van der Waals surface area (Å²) in [7, 11) is 0. The van der Waals surface area contributed by atoms with Gasteiger partial charge in [-0.3, -0.25) is 4.79 Å². The number of aromatic amines is 1. The van der Waals surface area contributed by atoms with Crippen molar-refractivity contribution in [2.45, 2.75) is 13.0 Å². The molecular formula is C6H10N4O2. The highest BCUT2D eigenvalue weighted by Gasteiger charge is 2.10. The van der Waals surface area contributed by atoms with Crippen molar-refractivity contribution in [3.05, 3.63) is 6.20 Å². The maximum atomic E-state index is 10.4. The molecule has 0 aliphatic heterocycles. The number of anilines is 2. The van der Waals surface area contributed by atoms with E-state index >= 15 is 0 Å². The number of hydrogen-bond donors (Lipinski definition) is 4. The molecule has 1 rings (SSSR count). The van der Waals surface area contributed by atoms with Gasteiger partial charge in [-0.05, 0) is 6.92 Å². The minimum atomic E-state index is -0.934. The van der Waals surface area contributed by atoms with Crippen molar-refractivity contribution in [3.8, 4) is 0 Å². The number of nitrogens with one attached hydrogen (secondary N) is 2. The number of carboxylic acids is 1. The molecule has 0 radical (unpaired) electrons. The molecule has 1 atom stereocenters. The van der Waals surface area contributed by atoms with Crippen LogP contribution in [-0.4, -0.2) is 27.1 Å². The molecule has 5 N–H and O–H groups in total. The quantitative estimate of drug-likeness (QED) is 0.506. The molecule has 0 saturated carbocycles. The number of nitrogen functional groups attached to an aromatic ring is 1. The Labute approximate surface area is 68.8 Å². The van der Waals surface area contributed by atoms with Crippen LogP contribution >= 0.6 is 0 Å². The first-order valence-corrected chi connectivity index (χ1v) is 3.40. The number of hydrogen-bond acceptors (Lipinski definition) is 4. The first-order chi connectivity index (χ1) is 5.59. The van der Waals surface area contributed by atoms with Crippen LogP contribution in [0.1, 0.15) is 6.92 Å². The van der Waals surface area contributed by atoms with Crippen molar-refractivity contribution in [1.29, 1.82) is 0 Å². The van der Waals surface area contributed by atoms with Crippen molar-refractivity contribution >= 4 is 17.7 Å². The fraction of sp³-hybridized carbons (Fsp3) is 0.333. The van der Waals surface area contributed by atoms with Gasteiger partial charge in [0.1, 0.15) is 11.9 Å². The van der Waals surface area contributed by atoms with E-state index < -0.39 is 12.0 Å². The third kappa shape index (κ3) is 1.88. The number of aromatic nitrogens is 2. The summed E-state index contributed by atoms with van der Waals surface area (Å²) in [4.78, 5) is 16.8. The van der Waals surface area contributed by atoms with Gasteiger partial charge in [0, 0.05) is 6.20 Å². The molecule has 12 heavy (non-hydrogen) atoms. The van der Waals surface area contributed by atoms with Crippen LogP contribution in [0.4, 0.5) is 11.8 Å². The molecule has 66 valence electrons. The average Bonchev–Trinajstić information content (AvgIpc) is 2.35. The number of nitrogens with two attached hydrogens (primary N) is 1. The van der Waals surface area contributed by atoms with Crippen molar-refractivity contribution in [2.24, 2.45) is 0 Å². The monoisotopic (exact) mass is 170 g/mol. The molecule has 6 heteroatoms. The summed E-state index contributed by atoms with van der Waals surface area (Å²) in [6.45, 7) is 1.52. The molecule has 0 fully saturated rings. The highest BCUT2D eigenvalue weighted by Crippen LogP contribution is 2.05. The fourth-order valence-corrected chi connectivity index (χ4v) is 0.694. The number of carbonyl (C=O) groups is 1. The largest absolute Gasteiger partial charge is 0.480 e. The minimum Gasteiger partial charge on any atom is -0.480 e. The molecule has 0 aliphatic carbocycles. The third-order valence-corrected chi connectivity index (χ3v) is 1.33. The Hall–Kier alpha value is -1.72. The van der Waals surface area contributed by atoms with E-state index in [1.165, 1.54) is 13.1 Å². The van der Waals surface area contributed by atoms with Crippen molar-refractivity contribution in [2.75, 3.05) is 11.1 Å². The predicted octanol–water partition coefficient (Wildman–Crippen LogP) is -0.123. The number of rotatable bonds is 3. The van der Waals surface area contributed by atoms with Gasteiger partial charge in [-0.1, -0.05) is 0 Å². The number of nitrogens with zero attached hydrogens (tertiary/aromatic N) is 1. The molecule has 6 nitrogen and oxygen atoms in total. The van der Waals surface area contributed by atoms with E-state index in [1.807, 2.05) is 0 Å². The average molecular weight is 170 g/mol. The van der Waals surface area contributed by atoms with Crippen molar-refractivity contribution < 1.29 is 9.90 Å². The molecule has 1 aromatic rings. The zero-order valence-corrected chi connectivity index (χ0v) is 6.53. The normalized spacial score (nSPS) is 12.4. The highest BCUT2D eigenvalue weighted by atomic mass is 16.4. The smallest absolute Gasteiger partial charge is 0.325 e. The first-order valence-electron chi connectivity index (χ1n) is 3.40. The summed E-state index contributed by atoms with van der Waals surface area (Å²) < 4.78 is 0. The van der Waals surface area contributed by atoms with Crippen molar-refractivity contribution in [3.63, 3.8) is 0 Å². The zero-order chi connectivity index (χ0) is 9.14. The molecular weight excluding hydrogens is 160 g/mol. The highest BCUT2D eigenvalue weighted by molar-refractivity contribution is 5.76. The van der Waals surface area contributed by atoms with Gasteiger partial charge in [0.25, 0.3) is 0 Å². The lowest BCUT2D eigenvalue weighted by Gasteiger charge is -2.06. The van der Waals surface area contributed by atoms with Crippen LogP contribution in [0.15, 0.2) is 6.20 Å². The van der Waals surface area contributed by atoms with Crippen LogP contribution < -0.4 is 11.1 Å². The topological polar surface area (TPSA) is 104 Å². The van der Waals surface area contributed by atoms with Crippen LogP contribution in [0.5, 0.6) is 0 Å². The molecule has 0 amide bonds.